The third-order valence-electron chi connectivity index (χ3n) is 3.84. The molecule has 5 heteroatoms. The van der Waals surface area contributed by atoms with Crippen LogP contribution in [-0.2, 0) is 9.53 Å². The van der Waals surface area contributed by atoms with Gasteiger partial charge in [-0.15, -0.1) is 0 Å². The number of aliphatic carboxylic acids is 1. The van der Waals surface area contributed by atoms with Gasteiger partial charge in [-0.05, 0) is 11.8 Å². The molecule has 1 saturated carbocycles. The lowest BCUT2D eigenvalue weighted by Crippen LogP contribution is -2.34. The minimum atomic E-state index is -0.805. The van der Waals surface area contributed by atoms with E-state index >= 15 is 0 Å². The molecule has 1 amide bonds. The first-order chi connectivity index (χ1) is 9.63. The maximum atomic E-state index is 11.4. The number of carbonyl (C=O) groups excluding carboxylic acids is 1. The second kappa shape index (κ2) is 9.39. The molecule has 0 heterocycles. The van der Waals surface area contributed by atoms with Crippen LogP contribution in [0.1, 0.15) is 44.9 Å². The summed E-state index contributed by atoms with van der Waals surface area (Å²) in [7, 11) is 0. The zero-order chi connectivity index (χ0) is 14.8. The number of nitrogens with one attached hydrogen (secondary N) is 1. The first-order valence-corrected chi connectivity index (χ1v) is 7.36. The van der Waals surface area contributed by atoms with E-state index in [1.54, 1.807) is 0 Å². The van der Waals surface area contributed by atoms with E-state index in [1.807, 2.05) is 0 Å². The molecule has 1 atom stereocenters. The number of carbonyl (C=O) groups is 2. The molecule has 114 valence electrons. The number of rotatable bonds is 7. The van der Waals surface area contributed by atoms with Crippen molar-refractivity contribution in [3.05, 3.63) is 12.7 Å². The van der Waals surface area contributed by atoms with Crippen LogP contribution < -0.4 is 5.32 Å². The third-order valence-corrected chi connectivity index (χ3v) is 3.84. The molecular weight excluding hydrogens is 258 g/mol. The minimum Gasteiger partial charge on any atom is -0.481 e. The maximum absolute atomic E-state index is 11.4. The Morgan fingerprint density at radius 2 is 1.95 bits per heavy atom. The number of hydrogen-bond donors (Lipinski definition) is 2. The molecule has 0 radical (unpaired) electrons. The predicted molar refractivity (Wildman–Crippen MR) is 76.5 cm³/mol. The standard InChI is InChI=1S/C15H25NO4/c1-2-9-20-15(19)16-11-13(10-14(17)18)12-7-5-3-4-6-8-12/h2,12-13H,1,3-11H2,(H,16,19)(H,17,18). The summed E-state index contributed by atoms with van der Waals surface area (Å²) in [5.74, 6) is -0.435. The maximum Gasteiger partial charge on any atom is 0.407 e. The van der Waals surface area contributed by atoms with Crippen LogP contribution in [0, 0.1) is 11.8 Å². The fourth-order valence-electron chi connectivity index (χ4n) is 2.81. The Bertz CT molecular complexity index is 322. The molecule has 5 nitrogen and oxygen atoms in total. The van der Waals surface area contributed by atoms with E-state index in [1.165, 1.54) is 18.9 Å². The van der Waals surface area contributed by atoms with Crippen molar-refractivity contribution in [1.82, 2.24) is 5.32 Å². The molecule has 0 saturated heterocycles. The molecule has 1 aliphatic rings. The smallest absolute Gasteiger partial charge is 0.407 e. The van der Waals surface area contributed by atoms with Crippen LogP contribution in [0.3, 0.4) is 0 Å². The Morgan fingerprint density at radius 3 is 2.50 bits per heavy atom. The van der Waals surface area contributed by atoms with Gasteiger partial charge in [0.15, 0.2) is 0 Å². The number of amides is 1. The monoisotopic (exact) mass is 283 g/mol. The Morgan fingerprint density at radius 1 is 1.30 bits per heavy atom. The van der Waals surface area contributed by atoms with Crippen molar-refractivity contribution in [3.63, 3.8) is 0 Å². The number of carboxylic acids is 1. The topological polar surface area (TPSA) is 75.6 Å². The summed E-state index contributed by atoms with van der Waals surface area (Å²) in [6.45, 7) is 4.00. The highest BCUT2D eigenvalue weighted by atomic mass is 16.5. The second-order valence-electron chi connectivity index (χ2n) is 5.38. The van der Waals surface area contributed by atoms with Gasteiger partial charge < -0.3 is 15.2 Å². The number of ether oxygens (including phenoxy) is 1. The number of hydrogen-bond acceptors (Lipinski definition) is 3. The molecular formula is C15H25NO4. The van der Waals surface area contributed by atoms with Gasteiger partial charge in [-0.25, -0.2) is 4.79 Å². The van der Waals surface area contributed by atoms with Gasteiger partial charge in [-0.2, -0.15) is 0 Å². The van der Waals surface area contributed by atoms with E-state index in [0.29, 0.717) is 12.5 Å². The zero-order valence-corrected chi connectivity index (χ0v) is 12.0. The lowest BCUT2D eigenvalue weighted by atomic mass is 9.84. The van der Waals surface area contributed by atoms with Crippen molar-refractivity contribution in [2.75, 3.05) is 13.2 Å². The summed E-state index contributed by atoms with van der Waals surface area (Å²) in [6.07, 6.45) is 7.97. The fourth-order valence-corrected chi connectivity index (χ4v) is 2.81. The van der Waals surface area contributed by atoms with Gasteiger partial charge in [0.25, 0.3) is 0 Å². The van der Waals surface area contributed by atoms with Crippen LogP contribution in [0.2, 0.25) is 0 Å². The van der Waals surface area contributed by atoms with Gasteiger partial charge in [0.05, 0.1) is 6.42 Å². The highest BCUT2D eigenvalue weighted by Gasteiger charge is 2.25. The summed E-state index contributed by atoms with van der Waals surface area (Å²) in [4.78, 5) is 22.4. The van der Waals surface area contributed by atoms with Gasteiger partial charge in [-0.3, -0.25) is 4.79 Å². The van der Waals surface area contributed by atoms with Crippen molar-refractivity contribution in [2.24, 2.45) is 11.8 Å². The van der Waals surface area contributed by atoms with Crippen molar-refractivity contribution in [3.8, 4) is 0 Å². The van der Waals surface area contributed by atoms with E-state index in [4.69, 9.17) is 9.84 Å². The van der Waals surface area contributed by atoms with Gasteiger partial charge in [0.2, 0.25) is 0 Å². The van der Waals surface area contributed by atoms with Crippen LogP contribution in [0.5, 0.6) is 0 Å². The first kappa shape index (κ1) is 16.5. The molecule has 1 fully saturated rings. The second-order valence-corrected chi connectivity index (χ2v) is 5.38. The molecule has 1 aliphatic carbocycles. The number of alkyl carbamates (subject to hydrolysis) is 1. The highest BCUT2D eigenvalue weighted by molar-refractivity contribution is 5.68. The largest absolute Gasteiger partial charge is 0.481 e. The van der Waals surface area contributed by atoms with Crippen molar-refractivity contribution in [1.29, 1.82) is 0 Å². The van der Waals surface area contributed by atoms with Crippen LogP contribution in [-0.4, -0.2) is 30.3 Å². The van der Waals surface area contributed by atoms with E-state index in [9.17, 15) is 9.59 Å². The Labute approximate surface area is 120 Å². The van der Waals surface area contributed by atoms with Crippen LogP contribution in [0.15, 0.2) is 12.7 Å². The van der Waals surface area contributed by atoms with E-state index in [0.717, 1.165) is 25.7 Å². The zero-order valence-electron chi connectivity index (χ0n) is 12.0. The normalized spacial score (nSPS) is 17.8. The Hall–Kier alpha value is -1.52. The molecule has 1 rings (SSSR count). The SMILES string of the molecule is C=CCOC(=O)NCC(CC(=O)O)C1CCCCCC1. The predicted octanol–water partition coefficient (Wildman–Crippen LogP) is 2.96. The average molecular weight is 283 g/mol. The summed E-state index contributed by atoms with van der Waals surface area (Å²) in [5, 5.41) is 11.7. The first-order valence-electron chi connectivity index (χ1n) is 7.36. The summed E-state index contributed by atoms with van der Waals surface area (Å²) >= 11 is 0. The molecule has 1 unspecified atom stereocenters. The fraction of sp³-hybridized carbons (Fsp3) is 0.733. The van der Waals surface area contributed by atoms with E-state index < -0.39 is 12.1 Å². The van der Waals surface area contributed by atoms with Crippen LogP contribution in [0.25, 0.3) is 0 Å². The molecule has 0 spiro atoms. The van der Waals surface area contributed by atoms with Gasteiger partial charge in [-0.1, -0.05) is 51.2 Å². The molecule has 20 heavy (non-hydrogen) atoms. The summed E-state index contributed by atoms with van der Waals surface area (Å²) in [5.41, 5.74) is 0. The quantitative estimate of drug-likeness (QED) is 0.556. The average Bonchev–Trinajstić information content (AvgIpc) is 2.69. The third kappa shape index (κ3) is 6.59. The Kier molecular flexibility index (Phi) is 7.77. The molecule has 0 aliphatic heterocycles. The Balaban J connectivity index is 2.47. The summed E-state index contributed by atoms with van der Waals surface area (Å²) < 4.78 is 4.84. The van der Waals surface area contributed by atoms with Crippen LogP contribution >= 0.6 is 0 Å². The molecule has 0 aromatic heterocycles. The number of carboxylic acid groups (broad SMARTS) is 1. The molecule has 2 N–H and O–H groups in total. The van der Waals surface area contributed by atoms with Gasteiger partial charge >= 0.3 is 12.1 Å². The van der Waals surface area contributed by atoms with Crippen molar-refractivity contribution < 1.29 is 19.4 Å². The minimum absolute atomic E-state index is 0.0121. The van der Waals surface area contributed by atoms with E-state index in [-0.39, 0.29) is 18.9 Å². The van der Waals surface area contributed by atoms with Gasteiger partial charge in [0.1, 0.15) is 6.61 Å². The van der Waals surface area contributed by atoms with Crippen molar-refractivity contribution >= 4 is 12.1 Å². The lowest BCUT2D eigenvalue weighted by molar-refractivity contribution is -0.138. The molecule has 0 bridgehead atoms. The molecule has 0 aromatic carbocycles. The lowest BCUT2D eigenvalue weighted by Gasteiger charge is -2.25. The molecule has 0 aromatic rings. The van der Waals surface area contributed by atoms with E-state index in [2.05, 4.69) is 11.9 Å². The van der Waals surface area contributed by atoms with Gasteiger partial charge in [0, 0.05) is 6.54 Å². The van der Waals surface area contributed by atoms with Crippen molar-refractivity contribution in [2.45, 2.75) is 44.9 Å². The highest BCUT2D eigenvalue weighted by Crippen LogP contribution is 2.30. The summed E-state index contributed by atoms with van der Waals surface area (Å²) in [6, 6.07) is 0. The van der Waals surface area contributed by atoms with Crippen LogP contribution in [0.4, 0.5) is 4.79 Å².